The average Bonchev–Trinajstić information content (AvgIpc) is 2.41. The van der Waals surface area contributed by atoms with Gasteiger partial charge in [0.25, 0.3) is 0 Å². The lowest BCUT2D eigenvalue weighted by Gasteiger charge is -2.10. The van der Waals surface area contributed by atoms with Gasteiger partial charge in [-0.3, -0.25) is 0 Å². The van der Waals surface area contributed by atoms with Gasteiger partial charge in [-0.2, -0.15) is 0 Å². The number of nitrogens with zero attached hydrogens (tertiary/aromatic N) is 2. The average molecular weight is 273 g/mol. The predicted molar refractivity (Wildman–Crippen MR) is 79.2 cm³/mol. The van der Waals surface area contributed by atoms with Gasteiger partial charge in [0.2, 0.25) is 0 Å². The third kappa shape index (κ3) is 3.17. The molecule has 1 aromatic heterocycles. The van der Waals surface area contributed by atoms with Crippen LogP contribution in [0.3, 0.4) is 0 Å². The van der Waals surface area contributed by atoms with Crippen LogP contribution in [0.1, 0.15) is 19.5 Å². The van der Waals surface area contributed by atoms with Gasteiger partial charge in [0.15, 0.2) is 17.3 Å². The zero-order valence-corrected chi connectivity index (χ0v) is 12.0. The van der Waals surface area contributed by atoms with Gasteiger partial charge in [-0.25, -0.2) is 9.97 Å². The minimum atomic E-state index is 0.121. The van der Waals surface area contributed by atoms with E-state index < -0.39 is 0 Å². The van der Waals surface area contributed by atoms with E-state index in [-0.39, 0.29) is 5.75 Å². The molecule has 1 heterocycles. The van der Waals surface area contributed by atoms with E-state index in [0.717, 1.165) is 23.6 Å². The van der Waals surface area contributed by atoms with Gasteiger partial charge in [-0.15, -0.1) is 0 Å². The van der Waals surface area contributed by atoms with E-state index in [1.807, 2.05) is 26.8 Å². The molecule has 0 aliphatic rings. The lowest BCUT2D eigenvalue weighted by molar-refractivity contribution is 0.318. The topological polar surface area (TPSA) is 67.3 Å². The number of anilines is 1. The molecule has 20 heavy (non-hydrogen) atoms. The molecule has 0 aliphatic carbocycles. The molecule has 2 N–H and O–H groups in total. The van der Waals surface area contributed by atoms with Crippen molar-refractivity contribution in [1.82, 2.24) is 9.97 Å². The molecule has 0 atom stereocenters. The Morgan fingerprint density at radius 1 is 1.20 bits per heavy atom. The molecule has 5 nitrogen and oxygen atoms in total. The van der Waals surface area contributed by atoms with Crippen molar-refractivity contribution >= 4 is 5.82 Å². The Hall–Kier alpha value is -2.30. The molecule has 1 aromatic carbocycles. The van der Waals surface area contributed by atoms with E-state index in [1.54, 1.807) is 18.2 Å². The number of hydrogen-bond acceptors (Lipinski definition) is 5. The Kier molecular flexibility index (Phi) is 4.40. The Morgan fingerprint density at radius 2 is 2.00 bits per heavy atom. The summed E-state index contributed by atoms with van der Waals surface area (Å²) in [6.45, 7) is 7.11. The molecule has 0 aliphatic heterocycles. The van der Waals surface area contributed by atoms with Crippen LogP contribution in [-0.4, -0.2) is 28.2 Å². The van der Waals surface area contributed by atoms with Gasteiger partial charge in [-0.05, 0) is 39.0 Å². The van der Waals surface area contributed by atoms with Crippen molar-refractivity contribution in [1.29, 1.82) is 0 Å². The second kappa shape index (κ2) is 6.23. The number of aromatic hydroxyl groups is 1. The van der Waals surface area contributed by atoms with Crippen molar-refractivity contribution in [2.45, 2.75) is 20.8 Å². The first-order valence-corrected chi connectivity index (χ1v) is 6.69. The van der Waals surface area contributed by atoms with Gasteiger partial charge in [-0.1, -0.05) is 0 Å². The Morgan fingerprint density at radius 3 is 2.70 bits per heavy atom. The largest absolute Gasteiger partial charge is 0.504 e. The summed E-state index contributed by atoms with van der Waals surface area (Å²) in [6.07, 6.45) is 0. The van der Waals surface area contributed by atoms with Crippen LogP contribution in [0.2, 0.25) is 0 Å². The monoisotopic (exact) mass is 273 g/mol. The smallest absolute Gasteiger partial charge is 0.161 e. The summed E-state index contributed by atoms with van der Waals surface area (Å²) in [5.41, 5.74) is 1.70. The summed E-state index contributed by atoms with van der Waals surface area (Å²) < 4.78 is 5.39. The number of aromatic nitrogens is 2. The van der Waals surface area contributed by atoms with Gasteiger partial charge in [0.1, 0.15) is 5.82 Å². The van der Waals surface area contributed by atoms with Gasteiger partial charge in [0.05, 0.1) is 6.61 Å². The van der Waals surface area contributed by atoms with E-state index in [9.17, 15) is 5.11 Å². The number of rotatable bonds is 5. The van der Waals surface area contributed by atoms with Crippen molar-refractivity contribution < 1.29 is 9.84 Å². The third-order valence-corrected chi connectivity index (χ3v) is 2.73. The normalized spacial score (nSPS) is 10.3. The number of hydrogen-bond donors (Lipinski definition) is 2. The maximum atomic E-state index is 9.73. The molecule has 0 saturated carbocycles. The number of phenols is 1. The highest BCUT2D eigenvalue weighted by molar-refractivity contribution is 5.62. The van der Waals surface area contributed by atoms with E-state index in [0.29, 0.717) is 18.2 Å². The first-order chi connectivity index (χ1) is 9.63. The lowest BCUT2D eigenvalue weighted by Crippen LogP contribution is -2.02. The van der Waals surface area contributed by atoms with Crippen LogP contribution in [0.25, 0.3) is 11.4 Å². The fourth-order valence-electron chi connectivity index (χ4n) is 1.89. The zero-order chi connectivity index (χ0) is 14.5. The maximum Gasteiger partial charge on any atom is 0.161 e. The van der Waals surface area contributed by atoms with Gasteiger partial charge >= 0.3 is 0 Å². The summed E-state index contributed by atoms with van der Waals surface area (Å²) in [5.74, 6) is 1.97. The molecule has 2 rings (SSSR count). The predicted octanol–water partition coefficient (Wildman–Crippen LogP) is 2.99. The summed E-state index contributed by atoms with van der Waals surface area (Å²) in [7, 11) is 0. The van der Waals surface area contributed by atoms with E-state index >= 15 is 0 Å². The maximum absolute atomic E-state index is 9.73. The summed E-state index contributed by atoms with van der Waals surface area (Å²) in [6, 6.07) is 7.03. The summed E-state index contributed by atoms with van der Waals surface area (Å²) >= 11 is 0. The van der Waals surface area contributed by atoms with E-state index in [2.05, 4.69) is 15.3 Å². The molecule has 2 aromatic rings. The molecule has 0 amide bonds. The van der Waals surface area contributed by atoms with Crippen LogP contribution in [0.4, 0.5) is 5.82 Å². The van der Waals surface area contributed by atoms with E-state index in [4.69, 9.17) is 4.74 Å². The number of phenolic OH excluding ortho intramolecular Hbond substituents is 1. The molecule has 0 radical (unpaired) electrons. The Bertz CT molecular complexity index is 600. The van der Waals surface area contributed by atoms with Crippen molar-refractivity contribution in [3.05, 3.63) is 30.0 Å². The number of benzene rings is 1. The fraction of sp³-hybridized carbons (Fsp3) is 0.333. The van der Waals surface area contributed by atoms with Crippen molar-refractivity contribution in [3.8, 4) is 22.9 Å². The van der Waals surface area contributed by atoms with Gasteiger partial charge in [0, 0.05) is 23.9 Å². The Labute approximate surface area is 118 Å². The lowest BCUT2D eigenvalue weighted by atomic mass is 10.2. The standard InChI is InChI=1S/C15H19N3O2/c1-4-16-14-8-10(3)17-15(18-14)11-6-7-12(19)13(9-11)20-5-2/h6-9,19H,4-5H2,1-3H3,(H,16,17,18). The van der Waals surface area contributed by atoms with Crippen molar-refractivity contribution in [2.24, 2.45) is 0 Å². The fourth-order valence-corrected chi connectivity index (χ4v) is 1.89. The highest BCUT2D eigenvalue weighted by Gasteiger charge is 2.09. The van der Waals surface area contributed by atoms with Crippen molar-refractivity contribution in [2.75, 3.05) is 18.5 Å². The van der Waals surface area contributed by atoms with Crippen LogP contribution in [0, 0.1) is 6.92 Å². The highest BCUT2D eigenvalue weighted by Crippen LogP contribution is 2.30. The minimum absolute atomic E-state index is 0.121. The second-order valence-electron chi connectivity index (χ2n) is 4.36. The molecule has 5 heteroatoms. The van der Waals surface area contributed by atoms with E-state index in [1.165, 1.54) is 0 Å². The summed E-state index contributed by atoms with van der Waals surface area (Å²) in [4.78, 5) is 8.89. The first-order valence-electron chi connectivity index (χ1n) is 6.69. The number of aryl methyl sites for hydroxylation is 1. The molecular weight excluding hydrogens is 254 g/mol. The molecule has 0 unspecified atom stereocenters. The van der Waals surface area contributed by atoms with Crippen LogP contribution in [-0.2, 0) is 0 Å². The minimum Gasteiger partial charge on any atom is -0.504 e. The first kappa shape index (κ1) is 14.1. The molecule has 0 fully saturated rings. The molecule has 106 valence electrons. The third-order valence-electron chi connectivity index (χ3n) is 2.73. The quantitative estimate of drug-likeness (QED) is 0.876. The Balaban J connectivity index is 2.42. The van der Waals surface area contributed by atoms with Crippen LogP contribution < -0.4 is 10.1 Å². The second-order valence-corrected chi connectivity index (χ2v) is 4.36. The molecule has 0 bridgehead atoms. The van der Waals surface area contributed by atoms with Crippen LogP contribution in [0.5, 0.6) is 11.5 Å². The highest BCUT2D eigenvalue weighted by atomic mass is 16.5. The SMILES string of the molecule is CCNc1cc(C)nc(-c2ccc(O)c(OCC)c2)n1. The number of nitrogens with one attached hydrogen (secondary N) is 1. The van der Waals surface area contributed by atoms with Gasteiger partial charge < -0.3 is 15.2 Å². The summed E-state index contributed by atoms with van der Waals surface area (Å²) in [5, 5.41) is 12.9. The van der Waals surface area contributed by atoms with Crippen LogP contribution in [0.15, 0.2) is 24.3 Å². The zero-order valence-electron chi connectivity index (χ0n) is 12.0. The molecular formula is C15H19N3O2. The molecule has 0 spiro atoms. The number of ether oxygens (including phenoxy) is 1. The van der Waals surface area contributed by atoms with Crippen molar-refractivity contribution in [3.63, 3.8) is 0 Å². The molecule has 0 saturated heterocycles. The van der Waals surface area contributed by atoms with Crippen LogP contribution >= 0.6 is 0 Å².